The largest absolute Gasteiger partial charge is 0.491 e. The number of ether oxygens (including phenoxy) is 2. The Kier molecular flexibility index (Phi) is 6.49. The Hall–Kier alpha value is -1.10. The van der Waals surface area contributed by atoms with Gasteiger partial charge in [0.2, 0.25) is 0 Å². The van der Waals surface area contributed by atoms with E-state index in [2.05, 4.69) is 36.2 Å². The van der Waals surface area contributed by atoms with Crippen molar-refractivity contribution in [2.24, 2.45) is 5.92 Å². The van der Waals surface area contributed by atoms with Crippen LogP contribution in [0, 0.1) is 5.92 Å². The molecule has 2 rings (SSSR count). The zero-order valence-corrected chi connectivity index (χ0v) is 13.5. The minimum Gasteiger partial charge on any atom is -0.491 e. The molecule has 1 aliphatic rings. The Labute approximate surface area is 128 Å². The van der Waals surface area contributed by atoms with E-state index in [9.17, 15) is 0 Å². The number of nitrogens with zero attached hydrogens (tertiary/aromatic N) is 1. The lowest BCUT2D eigenvalue weighted by molar-refractivity contribution is -0.0505. The molecule has 1 heterocycles. The molecule has 21 heavy (non-hydrogen) atoms. The quantitative estimate of drug-likeness (QED) is 0.835. The standard InChI is InChI=1S/C17H28N2O2/c1-14(2)11-19-8-9-20-17(12-19)13-21-16-6-4-15(5-7-16)10-18-3/h4-7,14,17-18H,8-13H2,1-3H3. The van der Waals surface area contributed by atoms with Crippen molar-refractivity contribution >= 4 is 0 Å². The Morgan fingerprint density at radius 2 is 2.10 bits per heavy atom. The van der Waals surface area contributed by atoms with Gasteiger partial charge < -0.3 is 14.8 Å². The second-order valence-corrected chi connectivity index (χ2v) is 6.13. The zero-order valence-electron chi connectivity index (χ0n) is 13.5. The summed E-state index contributed by atoms with van der Waals surface area (Å²) in [5.74, 6) is 1.61. The van der Waals surface area contributed by atoms with Gasteiger partial charge in [-0.1, -0.05) is 26.0 Å². The lowest BCUT2D eigenvalue weighted by Gasteiger charge is -2.33. The molecule has 0 spiro atoms. The summed E-state index contributed by atoms with van der Waals surface area (Å²) in [4.78, 5) is 2.47. The molecule has 0 bridgehead atoms. The van der Waals surface area contributed by atoms with Gasteiger partial charge in [-0.05, 0) is 30.7 Å². The smallest absolute Gasteiger partial charge is 0.119 e. The molecule has 4 heteroatoms. The zero-order chi connectivity index (χ0) is 15.1. The van der Waals surface area contributed by atoms with Gasteiger partial charge in [0.1, 0.15) is 18.5 Å². The maximum Gasteiger partial charge on any atom is 0.119 e. The van der Waals surface area contributed by atoms with Crippen LogP contribution in [0.5, 0.6) is 5.75 Å². The van der Waals surface area contributed by atoms with Crippen LogP contribution >= 0.6 is 0 Å². The highest BCUT2D eigenvalue weighted by Crippen LogP contribution is 2.14. The third-order valence-electron chi connectivity index (χ3n) is 3.59. The number of morpholine rings is 1. The number of benzene rings is 1. The maximum atomic E-state index is 5.86. The van der Waals surface area contributed by atoms with Crippen LogP contribution in [0.25, 0.3) is 0 Å². The summed E-state index contributed by atoms with van der Waals surface area (Å²) in [5, 5.41) is 3.14. The van der Waals surface area contributed by atoms with E-state index in [1.165, 1.54) is 5.56 Å². The fourth-order valence-corrected chi connectivity index (χ4v) is 2.66. The molecule has 118 valence electrons. The van der Waals surface area contributed by atoms with Crippen molar-refractivity contribution in [2.75, 3.05) is 39.9 Å². The monoisotopic (exact) mass is 292 g/mol. The van der Waals surface area contributed by atoms with Gasteiger partial charge in [0.05, 0.1) is 6.61 Å². The highest BCUT2D eigenvalue weighted by Gasteiger charge is 2.21. The van der Waals surface area contributed by atoms with Gasteiger partial charge >= 0.3 is 0 Å². The molecular weight excluding hydrogens is 264 g/mol. The predicted octanol–water partition coefficient (Wildman–Crippen LogP) is 2.14. The van der Waals surface area contributed by atoms with Gasteiger partial charge in [-0.25, -0.2) is 0 Å². The minimum atomic E-state index is 0.175. The van der Waals surface area contributed by atoms with Crippen molar-refractivity contribution in [1.29, 1.82) is 0 Å². The summed E-state index contributed by atoms with van der Waals surface area (Å²) < 4.78 is 11.7. The molecule has 1 aromatic carbocycles. The minimum absolute atomic E-state index is 0.175. The lowest BCUT2D eigenvalue weighted by atomic mass is 10.2. The first kappa shape index (κ1) is 16.3. The molecule has 1 fully saturated rings. The summed E-state index contributed by atoms with van der Waals surface area (Å²) in [6.45, 7) is 9.97. The Morgan fingerprint density at radius 3 is 2.76 bits per heavy atom. The summed E-state index contributed by atoms with van der Waals surface area (Å²) >= 11 is 0. The van der Waals surface area contributed by atoms with Gasteiger partial charge in [0, 0.05) is 26.2 Å². The molecule has 1 atom stereocenters. The van der Waals surface area contributed by atoms with E-state index in [1.54, 1.807) is 0 Å². The summed E-state index contributed by atoms with van der Waals surface area (Å²) in [7, 11) is 1.95. The fraction of sp³-hybridized carbons (Fsp3) is 0.647. The molecule has 0 radical (unpaired) electrons. The third-order valence-corrected chi connectivity index (χ3v) is 3.59. The fourth-order valence-electron chi connectivity index (χ4n) is 2.66. The Morgan fingerprint density at radius 1 is 1.33 bits per heavy atom. The average Bonchev–Trinajstić information content (AvgIpc) is 2.47. The number of hydrogen-bond acceptors (Lipinski definition) is 4. The van der Waals surface area contributed by atoms with Crippen LogP contribution < -0.4 is 10.1 Å². The van der Waals surface area contributed by atoms with Crippen LogP contribution in [0.4, 0.5) is 0 Å². The molecule has 1 N–H and O–H groups in total. The molecule has 0 aromatic heterocycles. The predicted molar refractivity (Wildman–Crippen MR) is 85.7 cm³/mol. The second kappa shape index (κ2) is 8.37. The van der Waals surface area contributed by atoms with Gasteiger partial charge in [-0.3, -0.25) is 4.90 Å². The van der Waals surface area contributed by atoms with Crippen molar-refractivity contribution in [3.8, 4) is 5.75 Å². The average molecular weight is 292 g/mol. The maximum absolute atomic E-state index is 5.86. The van der Waals surface area contributed by atoms with Gasteiger partial charge in [0.15, 0.2) is 0 Å². The number of rotatable bonds is 7. The number of hydrogen-bond donors (Lipinski definition) is 1. The molecular formula is C17H28N2O2. The lowest BCUT2D eigenvalue weighted by Crippen LogP contribution is -2.46. The normalized spacial score (nSPS) is 19.9. The highest BCUT2D eigenvalue weighted by atomic mass is 16.5. The molecule has 1 aromatic rings. The highest BCUT2D eigenvalue weighted by molar-refractivity contribution is 5.27. The van der Waals surface area contributed by atoms with Crippen LogP contribution in [0.1, 0.15) is 19.4 Å². The second-order valence-electron chi connectivity index (χ2n) is 6.13. The van der Waals surface area contributed by atoms with Crippen LogP contribution in [-0.4, -0.2) is 50.9 Å². The molecule has 1 aliphatic heterocycles. The van der Waals surface area contributed by atoms with Crippen LogP contribution in [0.3, 0.4) is 0 Å². The van der Waals surface area contributed by atoms with Crippen molar-refractivity contribution in [3.05, 3.63) is 29.8 Å². The van der Waals surface area contributed by atoms with E-state index in [0.29, 0.717) is 12.5 Å². The SMILES string of the molecule is CNCc1ccc(OCC2CN(CC(C)C)CCO2)cc1. The van der Waals surface area contributed by atoms with E-state index >= 15 is 0 Å². The first-order valence-corrected chi connectivity index (χ1v) is 7.87. The summed E-state index contributed by atoms with van der Waals surface area (Å²) in [6.07, 6.45) is 0.175. The van der Waals surface area contributed by atoms with Gasteiger partial charge in [-0.15, -0.1) is 0 Å². The third kappa shape index (κ3) is 5.65. The van der Waals surface area contributed by atoms with Crippen LogP contribution in [0.2, 0.25) is 0 Å². The first-order valence-electron chi connectivity index (χ1n) is 7.87. The Balaban J connectivity index is 1.76. The first-order chi connectivity index (χ1) is 10.2. The van der Waals surface area contributed by atoms with Crippen molar-refractivity contribution in [1.82, 2.24) is 10.2 Å². The summed E-state index contributed by atoms with van der Waals surface area (Å²) in [6, 6.07) is 8.25. The van der Waals surface area contributed by atoms with Crippen molar-refractivity contribution in [2.45, 2.75) is 26.5 Å². The molecule has 1 unspecified atom stereocenters. The van der Waals surface area contributed by atoms with E-state index in [4.69, 9.17) is 9.47 Å². The van der Waals surface area contributed by atoms with Crippen molar-refractivity contribution < 1.29 is 9.47 Å². The number of nitrogens with one attached hydrogen (secondary N) is 1. The van der Waals surface area contributed by atoms with Crippen LogP contribution in [0.15, 0.2) is 24.3 Å². The molecule has 0 saturated carbocycles. The topological polar surface area (TPSA) is 33.7 Å². The van der Waals surface area contributed by atoms with E-state index in [1.807, 2.05) is 19.2 Å². The molecule has 4 nitrogen and oxygen atoms in total. The van der Waals surface area contributed by atoms with Gasteiger partial charge in [0.25, 0.3) is 0 Å². The molecule has 0 amide bonds. The Bertz CT molecular complexity index is 406. The van der Waals surface area contributed by atoms with Crippen LogP contribution in [-0.2, 0) is 11.3 Å². The van der Waals surface area contributed by atoms with E-state index in [-0.39, 0.29) is 6.10 Å². The molecule has 1 saturated heterocycles. The van der Waals surface area contributed by atoms with Gasteiger partial charge in [-0.2, -0.15) is 0 Å². The summed E-state index contributed by atoms with van der Waals surface area (Å²) in [5.41, 5.74) is 1.27. The molecule has 0 aliphatic carbocycles. The van der Waals surface area contributed by atoms with E-state index < -0.39 is 0 Å². The van der Waals surface area contributed by atoms with E-state index in [0.717, 1.165) is 38.5 Å². The van der Waals surface area contributed by atoms with Crippen molar-refractivity contribution in [3.63, 3.8) is 0 Å².